The van der Waals surface area contributed by atoms with E-state index < -0.39 is 5.41 Å². The molecule has 0 radical (unpaired) electrons. The van der Waals surface area contributed by atoms with Crippen LogP contribution < -0.4 is 0 Å². The lowest BCUT2D eigenvalue weighted by molar-refractivity contribution is -0.295. The predicted octanol–water partition coefficient (Wildman–Crippen LogP) is 1.83. The van der Waals surface area contributed by atoms with Crippen LogP contribution in [0.4, 0.5) is 0 Å². The largest absolute Gasteiger partial charge is 0.469 e. The van der Waals surface area contributed by atoms with Crippen molar-refractivity contribution >= 4 is 5.97 Å². The van der Waals surface area contributed by atoms with E-state index >= 15 is 0 Å². The maximum absolute atomic E-state index is 11.9. The fraction of sp³-hybridized carbons (Fsp3) is 0.909. The van der Waals surface area contributed by atoms with E-state index in [0.717, 1.165) is 32.1 Å². The van der Waals surface area contributed by atoms with Gasteiger partial charge in [0.05, 0.1) is 19.1 Å². The number of hydrogen-bond donors (Lipinski definition) is 0. The van der Waals surface area contributed by atoms with Gasteiger partial charge in [-0.15, -0.1) is 0 Å². The molecule has 2 aliphatic rings. The molecule has 1 aliphatic carbocycles. The van der Waals surface area contributed by atoms with Crippen molar-refractivity contribution in [2.45, 2.75) is 44.6 Å². The quantitative estimate of drug-likeness (QED) is 0.519. The molecule has 86 valence electrons. The van der Waals surface area contributed by atoms with Crippen LogP contribution in [0.5, 0.6) is 0 Å². The molecular formula is C11H18O4. The summed E-state index contributed by atoms with van der Waals surface area (Å²) in [5.74, 6) is -0.127. The number of carbonyl (C=O) groups is 1. The van der Waals surface area contributed by atoms with Crippen molar-refractivity contribution in [3.63, 3.8) is 0 Å². The van der Waals surface area contributed by atoms with Gasteiger partial charge in [0.2, 0.25) is 0 Å². The Labute approximate surface area is 89.8 Å². The minimum atomic E-state index is -0.441. The van der Waals surface area contributed by atoms with E-state index in [0.29, 0.717) is 6.61 Å². The van der Waals surface area contributed by atoms with E-state index in [1.807, 2.05) is 0 Å². The van der Waals surface area contributed by atoms with Crippen LogP contribution in [0.3, 0.4) is 0 Å². The van der Waals surface area contributed by atoms with E-state index in [1.165, 1.54) is 13.5 Å². The summed E-state index contributed by atoms with van der Waals surface area (Å²) in [5.41, 5.74) is -0.441. The first-order chi connectivity index (χ1) is 7.29. The van der Waals surface area contributed by atoms with Crippen LogP contribution >= 0.6 is 0 Å². The molecule has 0 aromatic heterocycles. The highest BCUT2D eigenvalue weighted by molar-refractivity contribution is 5.77. The molecule has 1 aliphatic heterocycles. The number of methoxy groups -OCH3 is 1. The standard InChI is InChI=1S/C11H18O4/c1-13-10(12)11(6-3-2-4-7-11)9-5-8-14-15-9/h9H,2-8H2,1H3. The molecule has 1 unspecified atom stereocenters. The third-order valence-corrected chi connectivity index (χ3v) is 3.60. The Balaban J connectivity index is 2.16. The Kier molecular flexibility index (Phi) is 3.26. The Morgan fingerprint density at radius 3 is 2.60 bits per heavy atom. The van der Waals surface area contributed by atoms with Gasteiger partial charge in [0.25, 0.3) is 0 Å². The third kappa shape index (κ3) is 1.88. The average molecular weight is 214 g/mol. The Bertz CT molecular complexity index is 227. The highest BCUT2D eigenvalue weighted by Crippen LogP contribution is 2.44. The minimum absolute atomic E-state index is 0.106. The van der Waals surface area contributed by atoms with Crippen LogP contribution in [0.1, 0.15) is 38.5 Å². The molecule has 0 N–H and O–H groups in total. The SMILES string of the molecule is COC(=O)C1(C2CCOO2)CCCCC1. The van der Waals surface area contributed by atoms with Gasteiger partial charge < -0.3 is 4.74 Å². The summed E-state index contributed by atoms with van der Waals surface area (Å²) < 4.78 is 4.93. The fourth-order valence-electron chi connectivity index (χ4n) is 2.75. The van der Waals surface area contributed by atoms with E-state index in [-0.39, 0.29) is 12.1 Å². The molecule has 1 atom stereocenters. The van der Waals surface area contributed by atoms with Crippen LogP contribution in [0.25, 0.3) is 0 Å². The number of esters is 1. The molecular weight excluding hydrogens is 196 g/mol. The van der Waals surface area contributed by atoms with Gasteiger partial charge in [-0.1, -0.05) is 19.3 Å². The lowest BCUT2D eigenvalue weighted by Crippen LogP contribution is -2.44. The van der Waals surface area contributed by atoms with Crippen LogP contribution in [-0.2, 0) is 19.3 Å². The fourth-order valence-corrected chi connectivity index (χ4v) is 2.75. The van der Waals surface area contributed by atoms with Gasteiger partial charge in [0.1, 0.15) is 6.10 Å². The first-order valence-electron chi connectivity index (χ1n) is 5.66. The molecule has 0 aromatic carbocycles. The molecule has 0 amide bonds. The van der Waals surface area contributed by atoms with E-state index in [2.05, 4.69) is 0 Å². The first-order valence-corrected chi connectivity index (χ1v) is 5.66. The molecule has 0 spiro atoms. The summed E-state index contributed by atoms with van der Waals surface area (Å²) in [4.78, 5) is 22.1. The zero-order valence-corrected chi connectivity index (χ0v) is 9.16. The monoisotopic (exact) mass is 214 g/mol. The molecule has 2 rings (SSSR count). The molecule has 15 heavy (non-hydrogen) atoms. The lowest BCUT2D eigenvalue weighted by atomic mass is 9.69. The van der Waals surface area contributed by atoms with Crippen LogP contribution in [0, 0.1) is 5.41 Å². The zero-order valence-electron chi connectivity index (χ0n) is 9.16. The minimum Gasteiger partial charge on any atom is -0.469 e. The number of carbonyl (C=O) groups excluding carboxylic acids is 1. The van der Waals surface area contributed by atoms with Crippen molar-refractivity contribution in [2.24, 2.45) is 5.41 Å². The van der Waals surface area contributed by atoms with Gasteiger partial charge in [-0.25, -0.2) is 9.78 Å². The maximum atomic E-state index is 11.9. The van der Waals surface area contributed by atoms with Crippen LogP contribution in [0.15, 0.2) is 0 Å². The number of hydrogen-bond acceptors (Lipinski definition) is 4. The van der Waals surface area contributed by atoms with E-state index in [9.17, 15) is 4.79 Å². The molecule has 4 nitrogen and oxygen atoms in total. The first kappa shape index (κ1) is 10.9. The lowest BCUT2D eigenvalue weighted by Gasteiger charge is -2.37. The predicted molar refractivity (Wildman–Crippen MR) is 53.0 cm³/mol. The maximum Gasteiger partial charge on any atom is 0.314 e. The van der Waals surface area contributed by atoms with Gasteiger partial charge in [-0.2, -0.15) is 0 Å². The zero-order chi connectivity index (χ0) is 10.7. The van der Waals surface area contributed by atoms with E-state index in [1.54, 1.807) is 0 Å². The summed E-state index contributed by atoms with van der Waals surface area (Å²) in [6.45, 7) is 0.587. The highest BCUT2D eigenvalue weighted by Gasteiger charge is 2.50. The molecule has 1 heterocycles. The third-order valence-electron chi connectivity index (χ3n) is 3.60. The van der Waals surface area contributed by atoms with Gasteiger partial charge >= 0.3 is 5.97 Å². The summed E-state index contributed by atoms with van der Waals surface area (Å²) >= 11 is 0. The van der Waals surface area contributed by atoms with Gasteiger partial charge in [-0.3, -0.25) is 4.79 Å². The Morgan fingerprint density at radius 2 is 2.07 bits per heavy atom. The van der Waals surface area contributed by atoms with Crippen molar-refractivity contribution in [1.82, 2.24) is 0 Å². The molecule has 1 saturated carbocycles. The van der Waals surface area contributed by atoms with Gasteiger partial charge in [0, 0.05) is 6.42 Å². The number of ether oxygens (including phenoxy) is 1. The second-order valence-corrected chi connectivity index (χ2v) is 4.40. The van der Waals surface area contributed by atoms with Crippen LogP contribution in [-0.4, -0.2) is 25.8 Å². The molecule has 1 saturated heterocycles. The van der Waals surface area contributed by atoms with Crippen molar-refractivity contribution in [3.05, 3.63) is 0 Å². The van der Waals surface area contributed by atoms with Crippen LogP contribution in [0.2, 0.25) is 0 Å². The smallest absolute Gasteiger partial charge is 0.314 e. The van der Waals surface area contributed by atoms with Gasteiger partial charge in [-0.05, 0) is 12.8 Å². The topological polar surface area (TPSA) is 44.8 Å². The molecule has 4 heteroatoms. The van der Waals surface area contributed by atoms with Crippen molar-refractivity contribution in [2.75, 3.05) is 13.7 Å². The van der Waals surface area contributed by atoms with Crippen molar-refractivity contribution in [1.29, 1.82) is 0 Å². The Morgan fingerprint density at radius 1 is 1.33 bits per heavy atom. The van der Waals surface area contributed by atoms with Crippen molar-refractivity contribution < 1.29 is 19.3 Å². The second-order valence-electron chi connectivity index (χ2n) is 4.40. The molecule has 0 bridgehead atoms. The summed E-state index contributed by atoms with van der Waals surface area (Å²) in [7, 11) is 1.45. The molecule has 2 fully saturated rings. The van der Waals surface area contributed by atoms with Crippen molar-refractivity contribution in [3.8, 4) is 0 Å². The summed E-state index contributed by atoms with van der Waals surface area (Å²) in [6.07, 6.45) is 5.79. The number of rotatable bonds is 2. The van der Waals surface area contributed by atoms with Gasteiger partial charge in [0.15, 0.2) is 0 Å². The highest BCUT2D eigenvalue weighted by atomic mass is 17.2. The normalized spacial score (nSPS) is 30.1. The average Bonchev–Trinajstić information content (AvgIpc) is 2.83. The molecule has 0 aromatic rings. The second kappa shape index (κ2) is 4.49. The summed E-state index contributed by atoms with van der Waals surface area (Å²) in [5, 5.41) is 0. The summed E-state index contributed by atoms with van der Waals surface area (Å²) in [6, 6.07) is 0. The Hall–Kier alpha value is -0.610. The van der Waals surface area contributed by atoms with E-state index in [4.69, 9.17) is 14.5 Å².